The molecule has 0 radical (unpaired) electrons. The average Bonchev–Trinajstić information content (AvgIpc) is 3.29. The highest BCUT2D eigenvalue weighted by molar-refractivity contribution is 6.45. The van der Waals surface area contributed by atoms with Crippen LogP contribution in [0.4, 0.5) is 8.78 Å². The van der Waals surface area contributed by atoms with Crippen molar-refractivity contribution < 1.29 is 23.2 Å². The van der Waals surface area contributed by atoms with Crippen LogP contribution in [-0.2, 0) is 11.8 Å². The Hall–Kier alpha value is -4.08. The Balaban J connectivity index is 1.47. The van der Waals surface area contributed by atoms with Crippen LogP contribution in [0, 0.1) is 11.6 Å². The van der Waals surface area contributed by atoms with E-state index in [0.717, 1.165) is 11.1 Å². The van der Waals surface area contributed by atoms with Crippen LogP contribution in [0.1, 0.15) is 51.7 Å². The number of Topliss-reactive ketones (excluding diaryl/α,β-unsaturated/α-hetero) is 1. The number of aromatic nitrogens is 1. The van der Waals surface area contributed by atoms with Crippen LogP contribution in [0.3, 0.4) is 0 Å². The van der Waals surface area contributed by atoms with Crippen molar-refractivity contribution in [2.75, 3.05) is 27.2 Å². The lowest BCUT2D eigenvalue weighted by Crippen LogP contribution is -2.58. The summed E-state index contributed by atoms with van der Waals surface area (Å²) >= 11 is 6.65. The van der Waals surface area contributed by atoms with E-state index in [9.17, 15) is 23.2 Å². The summed E-state index contributed by atoms with van der Waals surface area (Å²) in [6.07, 6.45) is 1.58. The van der Waals surface area contributed by atoms with Crippen molar-refractivity contribution in [2.24, 2.45) is 7.05 Å². The number of ketones is 1. The lowest BCUT2D eigenvalue weighted by molar-refractivity contribution is -0.124. The number of hydrogen-bond acceptors (Lipinski definition) is 4. The summed E-state index contributed by atoms with van der Waals surface area (Å²) in [6.45, 7) is 4.81. The molecule has 3 aromatic carbocycles. The summed E-state index contributed by atoms with van der Waals surface area (Å²) in [4.78, 5) is 44.7. The molecule has 0 N–H and O–H groups in total. The van der Waals surface area contributed by atoms with Gasteiger partial charge in [0.25, 0.3) is 17.6 Å². The molecule has 0 aliphatic carbocycles. The molecule has 0 saturated carbocycles. The van der Waals surface area contributed by atoms with Crippen LogP contribution in [0.2, 0.25) is 5.02 Å². The molecule has 2 heterocycles. The van der Waals surface area contributed by atoms with Gasteiger partial charge in [0.05, 0.1) is 27.7 Å². The van der Waals surface area contributed by atoms with Crippen molar-refractivity contribution in [1.29, 1.82) is 0 Å². The smallest absolute Gasteiger partial charge is 0.294 e. The van der Waals surface area contributed by atoms with E-state index in [-0.39, 0.29) is 51.8 Å². The van der Waals surface area contributed by atoms with E-state index >= 15 is 0 Å². The second-order valence-corrected chi connectivity index (χ2v) is 11.8. The van der Waals surface area contributed by atoms with E-state index in [1.807, 2.05) is 13.8 Å². The Labute approximate surface area is 254 Å². The molecule has 4 aromatic rings. The van der Waals surface area contributed by atoms with E-state index in [4.69, 9.17) is 11.6 Å². The Bertz CT molecular complexity index is 1660. The number of carbonyl (C=O) groups excluding carboxylic acids is 3. The number of hydrogen-bond donors (Lipinski definition) is 0. The summed E-state index contributed by atoms with van der Waals surface area (Å²) < 4.78 is 29.3. The van der Waals surface area contributed by atoms with Gasteiger partial charge in [-0.15, -0.1) is 0 Å². The van der Waals surface area contributed by atoms with Gasteiger partial charge in [-0.25, -0.2) is 8.78 Å². The molecule has 10 heteroatoms. The van der Waals surface area contributed by atoms with Gasteiger partial charge >= 0.3 is 0 Å². The second kappa shape index (κ2) is 11.9. The van der Waals surface area contributed by atoms with E-state index in [2.05, 4.69) is 4.90 Å². The van der Waals surface area contributed by atoms with Gasteiger partial charge in [-0.1, -0.05) is 35.9 Å². The first-order valence-corrected chi connectivity index (χ1v) is 14.4. The molecule has 0 bridgehead atoms. The molecule has 0 spiro atoms. The Morgan fingerprint density at radius 2 is 1.42 bits per heavy atom. The molecular formula is C33H33ClF2N4O3. The SMILES string of the molecule is C[C@@H]1CN(C(c2ccc(F)cc2)c2ccc(F)cc2)[C@@H](C)CN1C(=O)c1cc2c(C(=O)C(=O)N(C)C)cn(C)c2cc1Cl. The highest BCUT2D eigenvalue weighted by Crippen LogP contribution is 2.35. The zero-order chi connectivity index (χ0) is 31.2. The van der Waals surface area contributed by atoms with Crippen molar-refractivity contribution in [3.05, 3.63) is 106 Å². The fourth-order valence-electron chi connectivity index (χ4n) is 5.88. The van der Waals surface area contributed by atoms with Gasteiger partial charge in [0.1, 0.15) is 11.6 Å². The molecule has 1 aliphatic rings. The largest absolute Gasteiger partial charge is 0.350 e. The van der Waals surface area contributed by atoms with Crippen molar-refractivity contribution in [3.63, 3.8) is 0 Å². The summed E-state index contributed by atoms with van der Waals surface area (Å²) in [7, 11) is 4.77. The predicted octanol–water partition coefficient (Wildman–Crippen LogP) is 5.71. The highest BCUT2D eigenvalue weighted by atomic mass is 35.5. The number of benzene rings is 3. The van der Waals surface area contributed by atoms with E-state index < -0.39 is 11.7 Å². The van der Waals surface area contributed by atoms with Crippen LogP contribution in [0.5, 0.6) is 0 Å². The third-order valence-electron chi connectivity index (χ3n) is 8.15. The van der Waals surface area contributed by atoms with Gasteiger partial charge in [-0.2, -0.15) is 0 Å². The molecule has 1 aromatic heterocycles. The molecule has 7 nitrogen and oxygen atoms in total. The third-order valence-corrected chi connectivity index (χ3v) is 8.46. The number of piperazine rings is 1. The van der Waals surface area contributed by atoms with Crippen LogP contribution in [0.25, 0.3) is 10.9 Å². The van der Waals surface area contributed by atoms with E-state index in [1.54, 1.807) is 59.1 Å². The molecule has 224 valence electrons. The van der Waals surface area contributed by atoms with Crippen LogP contribution in [0.15, 0.2) is 66.9 Å². The van der Waals surface area contributed by atoms with E-state index in [0.29, 0.717) is 24.0 Å². The van der Waals surface area contributed by atoms with Crippen molar-refractivity contribution in [1.82, 2.24) is 19.3 Å². The Morgan fingerprint density at radius 3 is 1.95 bits per heavy atom. The minimum Gasteiger partial charge on any atom is -0.350 e. The number of halogens is 3. The lowest BCUT2D eigenvalue weighted by atomic mass is 9.93. The molecule has 1 fully saturated rings. The minimum absolute atomic E-state index is 0.130. The average molecular weight is 607 g/mol. The zero-order valence-corrected chi connectivity index (χ0v) is 25.4. The van der Waals surface area contributed by atoms with Crippen molar-refractivity contribution in [2.45, 2.75) is 32.0 Å². The first-order valence-electron chi connectivity index (χ1n) is 14.0. The number of amides is 2. The third kappa shape index (κ3) is 5.79. The van der Waals surface area contributed by atoms with Gasteiger partial charge in [0.15, 0.2) is 0 Å². The van der Waals surface area contributed by atoms with Crippen LogP contribution >= 0.6 is 11.6 Å². The van der Waals surface area contributed by atoms with Gasteiger partial charge < -0.3 is 14.4 Å². The van der Waals surface area contributed by atoms with Crippen LogP contribution < -0.4 is 0 Å². The van der Waals surface area contributed by atoms with Gasteiger partial charge in [-0.3, -0.25) is 19.3 Å². The first-order chi connectivity index (χ1) is 20.4. The summed E-state index contributed by atoms with van der Waals surface area (Å²) in [5, 5.41) is 0.719. The van der Waals surface area contributed by atoms with Gasteiger partial charge in [-0.05, 0) is 61.4 Å². The molecule has 2 amide bonds. The Morgan fingerprint density at radius 1 is 0.860 bits per heavy atom. The predicted molar refractivity (Wildman–Crippen MR) is 162 cm³/mol. The van der Waals surface area contributed by atoms with Gasteiger partial charge in [0, 0.05) is 57.9 Å². The number of rotatable bonds is 6. The maximum absolute atomic E-state index is 14.0. The fraction of sp³-hybridized carbons (Fsp3) is 0.303. The molecule has 1 aliphatic heterocycles. The first kappa shape index (κ1) is 30.4. The van der Waals surface area contributed by atoms with E-state index in [1.165, 1.54) is 43.3 Å². The van der Waals surface area contributed by atoms with Crippen molar-refractivity contribution >= 4 is 40.1 Å². The normalized spacial score (nSPS) is 17.5. The molecule has 1 saturated heterocycles. The topological polar surface area (TPSA) is 65.9 Å². The maximum Gasteiger partial charge on any atom is 0.294 e. The number of fused-ring (bicyclic) bond motifs is 1. The molecule has 5 rings (SSSR count). The number of carbonyl (C=O) groups is 3. The Kier molecular flexibility index (Phi) is 8.40. The second-order valence-electron chi connectivity index (χ2n) is 11.4. The maximum atomic E-state index is 14.0. The summed E-state index contributed by atoms with van der Waals surface area (Å²) in [5.74, 6) is -2.30. The van der Waals surface area contributed by atoms with Gasteiger partial charge in [0.2, 0.25) is 0 Å². The highest BCUT2D eigenvalue weighted by Gasteiger charge is 2.38. The van der Waals surface area contributed by atoms with Crippen molar-refractivity contribution in [3.8, 4) is 0 Å². The zero-order valence-electron chi connectivity index (χ0n) is 24.6. The van der Waals surface area contributed by atoms with Crippen LogP contribution in [-0.4, -0.2) is 76.1 Å². The summed E-state index contributed by atoms with van der Waals surface area (Å²) in [6, 6.07) is 15.1. The fourth-order valence-corrected chi connectivity index (χ4v) is 6.12. The quantitative estimate of drug-likeness (QED) is 0.208. The number of nitrogens with zero attached hydrogens (tertiary/aromatic N) is 4. The monoisotopic (exact) mass is 606 g/mol. The number of aryl methyl sites for hydroxylation is 1. The molecular weight excluding hydrogens is 574 g/mol. The number of likely N-dealkylation sites (N-methyl/N-ethyl adjacent to an activating group) is 1. The molecule has 43 heavy (non-hydrogen) atoms. The summed E-state index contributed by atoms with van der Waals surface area (Å²) in [5.41, 5.74) is 2.79. The minimum atomic E-state index is -0.667. The molecule has 0 unspecified atom stereocenters. The lowest BCUT2D eigenvalue weighted by Gasteiger charge is -2.47. The standard InChI is InChI=1S/C33H33ClF2N4O3/c1-19-17-40(20(2)16-39(19)30(21-6-10-23(35)11-7-21)22-8-12-24(36)13-9-22)32(42)26-14-25-27(31(41)33(43)37(3)4)18-38(5)29(25)15-28(26)34/h6-15,18-20,30H,16-17H2,1-5H3/t19-,20+/m0/s1. The molecule has 2 atom stereocenters.